The van der Waals surface area contributed by atoms with Crippen LogP contribution in [0, 0.1) is 5.92 Å². The van der Waals surface area contributed by atoms with Crippen molar-refractivity contribution < 1.29 is 0 Å². The molecule has 0 amide bonds. The monoisotopic (exact) mass is 341 g/mol. The smallest absolute Gasteiger partial charge is 0.106 e. The van der Waals surface area contributed by atoms with Gasteiger partial charge in [-0.1, -0.05) is 28.1 Å². The van der Waals surface area contributed by atoms with Crippen molar-refractivity contribution in [1.29, 1.82) is 0 Å². The van der Waals surface area contributed by atoms with Crippen molar-refractivity contribution in [3.05, 3.63) is 28.2 Å². The molecule has 0 bridgehead atoms. The molecule has 5 heteroatoms. The normalized spacial score (nSPS) is 20.2. The van der Waals surface area contributed by atoms with E-state index in [1.165, 1.54) is 19.4 Å². The second-order valence-corrected chi connectivity index (χ2v) is 6.56. The fourth-order valence-electron chi connectivity index (χ4n) is 2.57. The molecule has 1 aromatic carbocycles. The van der Waals surface area contributed by atoms with Crippen LogP contribution >= 0.6 is 28.1 Å². The molecule has 0 radical (unpaired) electrons. The van der Waals surface area contributed by atoms with Gasteiger partial charge in [0, 0.05) is 28.8 Å². The maximum absolute atomic E-state index is 5.76. The van der Waals surface area contributed by atoms with E-state index in [1.54, 1.807) is 0 Å². The number of nitrogens with one attached hydrogen (secondary N) is 1. The number of nitrogens with zero attached hydrogens (tertiary/aromatic N) is 1. The zero-order valence-corrected chi connectivity index (χ0v) is 13.6. The van der Waals surface area contributed by atoms with E-state index < -0.39 is 0 Å². The summed E-state index contributed by atoms with van der Waals surface area (Å²) in [5.74, 6) is 0.692. The summed E-state index contributed by atoms with van der Waals surface area (Å²) < 4.78 is 1.04. The lowest BCUT2D eigenvalue weighted by Crippen LogP contribution is -2.35. The fourth-order valence-corrected chi connectivity index (χ4v) is 3.11. The maximum atomic E-state index is 5.76. The summed E-state index contributed by atoms with van der Waals surface area (Å²) in [6.45, 7) is 3.34. The van der Waals surface area contributed by atoms with Gasteiger partial charge in [-0.3, -0.25) is 0 Å². The van der Waals surface area contributed by atoms with Crippen LogP contribution in [-0.4, -0.2) is 36.6 Å². The van der Waals surface area contributed by atoms with Gasteiger partial charge in [0.25, 0.3) is 0 Å². The highest BCUT2D eigenvalue weighted by Crippen LogP contribution is 2.23. The highest BCUT2D eigenvalue weighted by Gasteiger charge is 2.17. The Bertz CT molecular complexity index is 464. The number of benzene rings is 1. The molecule has 3 N–H and O–H groups in total. The lowest BCUT2D eigenvalue weighted by atomic mass is 9.98. The summed E-state index contributed by atoms with van der Waals surface area (Å²) in [5, 5.41) is 3.50. The van der Waals surface area contributed by atoms with Gasteiger partial charge in [0.1, 0.15) is 4.99 Å². The number of likely N-dealkylation sites (tertiary alicyclic amines) is 1. The first-order chi connectivity index (χ1) is 9.06. The zero-order chi connectivity index (χ0) is 13.8. The number of hydrogen-bond acceptors (Lipinski definition) is 3. The van der Waals surface area contributed by atoms with Crippen LogP contribution in [0.15, 0.2) is 22.7 Å². The van der Waals surface area contributed by atoms with Crippen molar-refractivity contribution in [2.45, 2.75) is 12.8 Å². The third-order valence-corrected chi connectivity index (χ3v) is 4.26. The second-order valence-electron chi connectivity index (χ2n) is 5.21. The van der Waals surface area contributed by atoms with Gasteiger partial charge in [-0.25, -0.2) is 0 Å². The van der Waals surface area contributed by atoms with E-state index in [1.807, 2.05) is 18.2 Å². The van der Waals surface area contributed by atoms with Crippen molar-refractivity contribution in [3.8, 4) is 0 Å². The van der Waals surface area contributed by atoms with Gasteiger partial charge in [0.2, 0.25) is 0 Å². The molecule has 0 aliphatic carbocycles. The van der Waals surface area contributed by atoms with Gasteiger partial charge in [-0.05, 0) is 50.6 Å². The van der Waals surface area contributed by atoms with Crippen LogP contribution in [0.25, 0.3) is 0 Å². The Labute approximate surface area is 128 Å². The Morgan fingerprint density at radius 3 is 3.05 bits per heavy atom. The molecule has 1 saturated heterocycles. The average molecular weight is 342 g/mol. The second kappa shape index (κ2) is 6.68. The van der Waals surface area contributed by atoms with Gasteiger partial charge < -0.3 is 16.0 Å². The molecule has 1 heterocycles. The van der Waals surface area contributed by atoms with E-state index in [4.69, 9.17) is 18.0 Å². The SMILES string of the molecule is CN1CCCC(CNc2cc(Br)ccc2C(N)=S)C1. The Morgan fingerprint density at radius 2 is 2.37 bits per heavy atom. The van der Waals surface area contributed by atoms with Gasteiger partial charge in [-0.2, -0.15) is 0 Å². The van der Waals surface area contributed by atoms with E-state index in [0.717, 1.165) is 28.8 Å². The van der Waals surface area contributed by atoms with Crippen LogP contribution in [0.3, 0.4) is 0 Å². The molecule has 0 aromatic heterocycles. The number of thiocarbonyl (C=S) groups is 1. The molecular weight excluding hydrogens is 322 g/mol. The van der Waals surface area contributed by atoms with E-state index in [-0.39, 0.29) is 0 Å². The Balaban J connectivity index is 2.02. The predicted octanol–water partition coefficient (Wildman–Crippen LogP) is 2.84. The number of hydrogen-bond donors (Lipinski definition) is 2. The van der Waals surface area contributed by atoms with Crippen molar-refractivity contribution in [3.63, 3.8) is 0 Å². The lowest BCUT2D eigenvalue weighted by Gasteiger charge is -2.30. The summed E-state index contributed by atoms with van der Waals surface area (Å²) in [5.41, 5.74) is 7.71. The highest BCUT2D eigenvalue weighted by atomic mass is 79.9. The predicted molar refractivity (Wildman–Crippen MR) is 88.7 cm³/mol. The Morgan fingerprint density at radius 1 is 1.58 bits per heavy atom. The van der Waals surface area contributed by atoms with Crippen molar-refractivity contribution in [2.75, 3.05) is 32.0 Å². The highest BCUT2D eigenvalue weighted by molar-refractivity contribution is 9.10. The zero-order valence-electron chi connectivity index (χ0n) is 11.2. The van der Waals surface area contributed by atoms with E-state index >= 15 is 0 Å². The summed E-state index contributed by atoms with van der Waals surface area (Å²) in [6, 6.07) is 5.97. The molecular formula is C14H20BrN3S. The van der Waals surface area contributed by atoms with Crippen LogP contribution < -0.4 is 11.1 Å². The Hall–Kier alpha value is -0.650. The van der Waals surface area contributed by atoms with Crippen LogP contribution in [0.1, 0.15) is 18.4 Å². The number of piperidine rings is 1. The largest absolute Gasteiger partial charge is 0.389 e. The number of rotatable bonds is 4. The molecule has 1 fully saturated rings. The third kappa shape index (κ3) is 4.16. The van der Waals surface area contributed by atoms with Gasteiger partial charge in [-0.15, -0.1) is 0 Å². The van der Waals surface area contributed by atoms with Crippen LogP contribution in [0.2, 0.25) is 0 Å². The minimum absolute atomic E-state index is 0.441. The molecule has 2 rings (SSSR count). The number of halogens is 1. The lowest BCUT2D eigenvalue weighted by molar-refractivity contribution is 0.217. The first-order valence-corrected chi connectivity index (χ1v) is 7.78. The third-order valence-electron chi connectivity index (χ3n) is 3.55. The summed E-state index contributed by atoms with van der Waals surface area (Å²) in [4.78, 5) is 2.83. The topological polar surface area (TPSA) is 41.3 Å². The molecule has 0 spiro atoms. The molecule has 19 heavy (non-hydrogen) atoms. The number of nitrogens with two attached hydrogens (primary N) is 1. The Kier molecular flexibility index (Phi) is 5.19. The molecule has 3 nitrogen and oxygen atoms in total. The molecule has 1 aliphatic heterocycles. The van der Waals surface area contributed by atoms with Crippen molar-refractivity contribution >= 4 is 38.8 Å². The van der Waals surface area contributed by atoms with Crippen molar-refractivity contribution in [2.24, 2.45) is 11.7 Å². The first-order valence-electron chi connectivity index (χ1n) is 6.58. The molecule has 1 atom stereocenters. The standard InChI is InChI=1S/C14H20BrN3S/c1-18-6-2-3-10(9-18)8-17-13-7-11(15)4-5-12(13)14(16)19/h4-5,7,10,17H,2-3,6,8-9H2,1H3,(H2,16,19). The van der Waals surface area contributed by atoms with Crippen LogP contribution in [0.5, 0.6) is 0 Å². The van der Waals surface area contributed by atoms with Crippen LogP contribution in [0.4, 0.5) is 5.69 Å². The van der Waals surface area contributed by atoms with E-state index in [0.29, 0.717) is 10.9 Å². The fraction of sp³-hybridized carbons (Fsp3) is 0.500. The first kappa shape index (κ1) is 14.8. The summed E-state index contributed by atoms with van der Waals surface area (Å²) in [7, 11) is 2.19. The minimum atomic E-state index is 0.441. The number of anilines is 1. The summed E-state index contributed by atoms with van der Waals surface area (Å²) >= 11 is 8.59. The van der Waals surface area contributed by atoms with Gasteiger partial charge in [0.05, 0.1) is 0 Å². The molecule has 1 unspecified atom stereocenters. The maximum Gasteiger partial charge on any atom is 0.106 e. The quantitative estimate of drug-likeness (QED) is 0.826. The van der Waals surface area contributed by atoms with Gasteiger partial charge >= 0.3 is 0 Å². The van der Waals surface area contributed by atoms with Crippen LogP contribution in [-0.2, 0) is 0 Å². The summed E-state index contributed by atoms with van der Waals surface area (Å²) in [6.07, 6.45) is 2.57. The van der Waals surface area contributed by atoms with Crippen molar-refractivity contribution in [1.82, 2.24) is 4.90 Å². The molecule has 1 aromatic rings. The average Bonchev–Trinajstić information content (AvgIpc) is 2.36. The van der Waals surface area contributed by atoms with Gasteiger partial charge in [0.15, 0.2) is 0 Å². The molecule has 1 aliphatic rings. The van der Waals surface area contributed by atoms with E-state index in [9.17, 15) is 0 Å². The molecule has 0 saturated carbocycles. The molecule has 104 valence electrons. The van der Waals surface area contributed by atoms with E-state index in [2.05, 4.69) is 33.2 Å². The minimum Gasteiger partial charge on any atom is -0.389 e.